The van der Waals surface area contributed by atoms with Gasteiger partial charge in [-0.15, -0.1) is 0 Å². The van der Waals surface area contributed by atoms with Crippen LogP contribution in [-0.2, 0) is 16.1 Å². The van der Waals surface area contributed by atoms with Gasteiger partial charge in [0.05, 0.1) is 31.4 Å². The largest absolute Gasteiger partial charge is 0.379 e. The quantitative estimate of drug-likeness (QED) is 0.772. The van der Waals surface area contributed by atoms with Crippen LogP contribution in [-0.4, -0.2) is 30.1 Å². The summed E-state index contributed by atoms with van der Waals surface area (Å²) in [5.74, 6) is -0.293. The number of hydrogen-bond donors (Lipinski definition) is 2. The molecule has 1 amide bonds. The molecule has 2 atom stereocenters. The maximum atomic E-state index is 11.8. The number of rotatable bonds is 3. The van der Waals surface area contributed by atoms with E-state index in [2.05, 4.69) is 10.3 Å². The van der Waals surface area contributed by atoms with Crippen LogP contribution in [0.15, 0.2) is 18.3 Å². The molecule has 1 aromatic rings. The van der Waals surface area contributed by atoms with Crippen molar-refractivity contribution in [3.05, 3.63) is 29.6 Å². The van der Waals surface area contributed by atoms with E-state index in [1.54, 1.807) is 6.20 Å². The summed E-state index contributed by atoms with van der Waals surface area (Å²) in [5.41, 5.74) is 7.73. The maximum absolute atomic E-state index is 11.8. The van der Waals surface area contributed by atoms with E-state index in [4.69, 9.17) is 10.5 Å². The smallest absolute Gasteiger partial charge is 0.227 e. The lowest BCUT2D eigenvalue weighted by Gasteiger charge is -2.13. The molecule has 92 valence electrons. The van der Waals surface area contributed by atoms with Gasteiger partial charge in [0.25, 0.3) is 0 Å². The summed E-state index contributed by atoms with van der Waals surface area (Å²) >= 11 is 0. The van der Waals surface area contributed by atoms with Crippen LogP contribution in [0, 0.1) is 12.8 Å². The Morgan fingerprint density at radius 3 is 3.12 bits per heavy atom. The van der Waals surface area contributed by atoms with Gasteiger partial charge in [0.2, 0.25) is 5.91 Å². The lowest BCUT2D eigenvalue weighted by Crippen LogP contribution is -2.40. The average molecular weight is 235 g/mol. The minimum Gasteiger partial charge on any atom is -0.379 e. The van der Waals surface area contributed by atoms with Crippen molar-refractivity contribution in [1.29, 1.82) is 0 Å². The maximum Gasteiger partial charge on any atom is 0.227 e. The Morgan fingerprint density at radius 1 is 1.65 bits per heavy atom. The lowest BCUT2D eigenvalue weighted by atomic mass is 10.0. The summed E-state index contributed by atoms with van der Waals surface area (Å²) in [6.45, 7) is 3.28. The fourth-order valence-electron chi connectivity index (χ4n) is 1.85. The SMILES string of the molecule is Cc1cccnc1CNC(=O)C1COCC1N. The Kier molecular flexibility index (Phi) is 3.71. The van der Waals surface area contributed by atoms with E-state index in [1.807, 2.05) is 19.1 Å². The zero-order valence-corrected chi connectivity index (χ0v) is 9.85. The Bertz CT molecular complexity index is 408. The van der Waals surface area contributed by atoms with Gasteiger partial charge >= 0.3 is 0 Å². The van der Waals surface area contributed by atoms with Crippen LogP contribution in [0.5, 0.6) is 0 Å². The molecule has 1 aliphatic heterocycles. The van der Waals surface area contributed by atoms with E-state index in [-0.39, 0.29) is 17.9 Å². The van der Waals surface area contributed by atoms with Crippen LogP contribution in [0.1, 0.15) is 11.3 Å². The molecule has 0 aliphatic carbocycles. The number of carbonyl (C=O) groups excluding carboxylic acids is 1. The first kappa shape index (κ1) is 12.0. The minimum atomic E-state index is -0.237. The first-order chi connectivity index (χ1) is 8.18. The highest BCUT2D eigenvalue weighted by Gasteiger charge is 2.31. The number of hydrogen-bond acceptors (Lipinski definition) is 4. The standard InChI is InChI=1S/C12H17N3O2/c1-8-3-2-4-14-11(8)5-15-12(16)9-6-17-7-10(9)13/h2-4,9-10H,5-7,13H2,1H3,(H,15,16). The normalized spacial score (nSPS) is 23.6. The van der Waals surface area contributed by atoms with Crippen molar-refractivity contribution in [2.45, 2.75) is 19.5 Å². The van der Waals surface area contributed by atoms with Gasteiger partial charge in [-0.05, 0) is 18.6 Å². The number of aromatic nitrogens is 1. The molecule has 0 spiro atoms. The predicted octanol–water partition coefficient (Wildman–Crippen LogP) is -0.0201. The van der Waals surface area contributed by atoms with Crippen LogP contribution in [0.2, 0.25) is 0 Å². The van der Waals surface area contributed by atoms with E-state index < -0.39 is 0 Å². The first-order valence-electron chi connectivity index (χ1n) is 5.70. The highest BCUT2D eigenvalue weighted by molar-refractivity contribution is 5.79. The molecule has 1 fully saturated rings. The molecular weight excluding hydrogens is 218 g/mol. The van der Waals surface area contributed by atoms with E-state index in [0.717, 1.165) is 11.3 Å². The van der Waals surface area contributed by atoms with Gasteiger partial charge in [-0.2, -0.15) is 0 Å². The summed E-state index contributed by atoms with van der Waals surface area (Å²) in [4.78, 5) is 16.1. The van der Waals surface area contributed by atoms with Crippen molar-refractivity contribution < 1.29 is 9.53 Å². The third kappa shape index (κ3) is 2.81. The van der Waals surface area contributed by atoms with Crippen LogP contribution < -0.4 is 11.1 Å². The highest BCUT2D eigenvalue weighted by Crippen LogP contribution is 2.12. The zero-order valence-electron chi connectivity index (χ0n) is 9.85. The van der Waals surface area contributed by atoms with Gasteiger partial charge in [-0.3, -0.25) is 9.78 Å². The van der Waals surface area contributed by atoms with Crippen molar-refractivity contribution in [2.75, 3.05) is 13.2 Å². The molecule has 1 aliphatic rings. The Hall–Kier alpha value is -1.46. The molecule has 17 heavy (non-hydrogen) atoms. The van der Waals surface area contributed by atoms with Crippen molar-refractivity contribution >= 4 is 5.91 Å². The second-order valence-electron chi connectivity index (χ2n) is 4.29. The molecule has 5 heteroatoms. The van der Waals surface area contributed by atoms with E-state index in [9.17, 15) is 4.79 Å². The molecule has 0 saturated carbocycles. The van der Waals surface area contributed by atoms with Gasteiger partial charge in [-0.1, -0.05) is 6.07 Å². The Balaban J connectivity index is 1.90. The van der Waals surface area contributed by atoms with E-state index in [1.165, 1.54) is 0 Å². The van der Waals surface area contributed by atoms with E-state index in [0.29, 0.717) is 19.8 Å². The molecule has 0 radical (unpaired) electrons. The second kappa shape index (κ2) is 5.25. The zero-order chi connectivity index (χ0) is 12.3. The third-order valence-corrected chi connectivity index (χ3v) is 3.01. The van der Waals surface area contributed by atoms with Gasteiger partial charge in [0.1, 0.15) is 0 Å². The molecule has 2 unspecified atom stereocenters. The number of nitrogens with one attached hydrogen (secondary N) is 1. The van der Waals surface area contributed by atoms with Crippen LogP contribution in [0.3, 0.4) is 0 Å². The summed E-state index contributed by atoms with van der Waals surface area (Å²) in [5, 5.41) is 2.85. The summed E-state index contributed by atoms with van der Waals surface area (Å²) in [7, 11) is 0. The molecule has 1 saturated heterocycles. The van der Waals surface area contributed by atoms with Crippen molar-refractivity contribution in [3.63, 3.8) is 0 Å². The van der Waals surface area contributed by atoms with Gasteiger partial charge in [0, 0.05) is 12.2 Å². The van der Waals surface area contributed by atoms with Crippen molar-refractivity contribution in [1.82, 2.24) is 10.3 Å². The minimum absolute atomic E-state index is 0.0555. The number of aryl methyl sites for hydroxylation is 1. The number of carbonyl (C=O) groups is 1. The summed E-state index contributed by atoms with van der Waals surface area (Å²) in [6.07, 6.45) is 1.72. The molecule has 3 N–H and O–H groups in total. The van der Waals surface area contributed by atoms with Crippen molar-refractivity contribution in [2.24, 2.45) is 11.7 Å². The number of ether oxygens (including phenoxy) is 1. The highest BCUT2D eigenvalue weighted by atomic mass is 16.5. The summed E-state index contributed by atoms with van der Waals surface area (Å²) < 4.78 is 5.16. The fraction of sp³-hybridized carbons (Fsp3) is 0.500. The van der Waals surface area contributed by atoms with Gasteiger partial charge < -0.3 is 15.8 Å². The van der Waals surface area contributed by atoms with Gasteiger partial charge in [-0.25, -0.2) is 0 Å². The second-order valence-corrected chi connectivity index (χ2v) is 4.29. The monoisotopic (exact) mass is 235 g/mol. The first-order valence-corrected chi connectivity index (χ1v) is 5.70. The number of nitrogens with two attached hydrogens (primary N) is 1. The number of nitrogens with zero attached hydrogens (tertiary/aromatic N) is 1. The fourth-order valence-corrected chi connectivity index (χ4v) is 1.85. The van der Waals surface area contributed by atoms with Crippen LogP contribution >= 0.6 is 0 Å². The summed E-state index contributed by atoms with van der Waals surface area (Å²) in [6, 6.07) is 3.65. The Labute approximate surface area is 100 Å². The molecule has 0 bridgehead atoms. The third-order valence-electron chi connectivity index (χ3n) is 3.01. The van der Waals surface area contributed by atoms with Crippen LogP contribution in [0.4, 0.5) is 0 Å². The average Bonchev–Trinajstić information content (AvgIpc) is 2.74. The van der Waals surface area contributed by atoms with Gasteiger partial charge in [0.15, 0.2) is 0 Å². The Morgan fingerprint density at radius 2 is 2.47 bits per heavy atom. The molecule has 0 aromatic carbocycles. The lowest BCUT2D eigenvalue weighted by molar-refractivity contribution is -0.125. The van der Waals surface area contributed by atoms with Crippen molar-refractivity contribution in [3.8, 4) is 0 Å². The molecule has 5 nitrogen and oxygen atoms in total. The predicted molar refractivity (Wildman–Crippen MR) is 63.1 cm³/mol. The number of pyridine rings is 1. The molecule has 2 heterocycles. The van der Waals surface area contributed by atoms with E-state index >= 15 is 0 Å². The molecule has 1 aromatic heterocycles. The molecule has 2 rings (SSSR count). The molecular formula is C12H17N3O2. The topological polar surface area (TPSA) is 77.2 Å². The van der Waals surface area contributed by atoms with Crippen LogP contribution in [0.25, 0.3) is 0 Å². The number of amides is 1.